The largest absolute Gasteiger partial charge is 0.478 e. The van der Waals surface area contributed by atoms with Crippen LogP contribution in [-0.4, -0.2) is 11.1 Å². The van der Waals surface area contributed by atoms with Crippen molar-refractivity contribution >= 4 is 27.6 Å². The van der Waals surface area contributed by atoms with Crippen molar-refractivity contribution in [1.29, 1.82) is 0 Å². The smallest absolute Gasteiger partial charge is 0.332 e. The highest BCUT2D eigenvalue weighted by Crippen LogP contribution is 2.50. The van der Waals surface area contributed by atoms with Gasteiger partial charge in [-0.1, -0.05) is 46.8 Å². The van der Waals surface area contributed by atoms with Gasteiger partial charge >= 0.3 is 5.97 Å². The van der Waals surface area contributed by atoms with E-state index in [0.717, 1.165) is 33.3 Å². The summed E-state index contributed by atoms with van der Waals surface area (Å²) in [6.07, 6.45) is 2.67. The molecule has 4 heteroatoms. The summed E-state index contributed by atoms with van der Waals surface area (Å²) >= 11 is 3.64. The first-order valence-electron chi connectivity index (χ1n) is 7.12. The van der Waals surface area contributed by atoms with E-state index >= 15 is 0 Å². The number of carboxylic acids is 1. The quantitative estimate of drug-likeness (QED) is 0.785. The lowest BCUT2D eigenvalue weighted by Crippen LogP contribution is -2.37. The maximum Gasteiger partial charge on any atom is 0.332 e. The van der Waals surface area contributed by atoms with E-state index in [0.29, 0.717) is 5.57 Å². The van der Waals surface area contributed by atoms with Gasteiger partial charge in [-0.25, -0.2) is 4.79 Å². The summed E-state index contributed by atoms with van der Waals surface area (Å²) in [6, 6.07) is 2.08. The second-order valence-corrected chi connectivity index (χ2v) is 7.54. The molecule has 21 heavy (non-hydrogen) atoms. The molecule has 0 unspecified atom stereocenters. The van der Waals surface area contributed by atoms with Gasteiger partial charge in [-0.3, -0.25) is 0 Å². The number of hydrogen-bond acceptors (Lipinski definition) is 2. The van der Waals surface area contributed by atoms with Crippen molar-refractivity contribution in [3.8, 4) is 0 Å². The molecule has 0 spiro atoms. The number of hydrogen-bond donors (Lipinski definition) is 2. The lowest BCUT2D eigenvalue weighted by atomic mass is 9.63. The zero-order valence-electron chi connectivity index (χ0n) is 13.2. The van der Waals surface area contributed by atoms with Crippen LogP contribution in [0.15, 0.2) is 22.2 Å². The topological polar surface area (TPSA) is 63.3 Å². The Labute approximate surface area is 134 Å². The van der Waals surface area contributed by atoms with Crippen LogP contribution >= 0.6 is 15.9 Å². The molecule has 0 saturated heterocycles. The minimum absolute atomic E-state index is 0.377. The highest BCUT2D eigenvalue weighted by atomic mass is 79.9. The van der Waals surface area contributed by atoms with Crippen molar-refractivity contribution < 1.29 is 9.90 Å². The zero-order valence-corrected chi connectivity index (χ0v) is 14.8. The number of benzene rings is 1. The number of rotatable bonds is 2. The average molecular weight is 352 g/mol. The summed E-state index contributed by atoms with van der Waals surface area (Å²) in [7, 11) is 0. The van der Waals surface area contributed by atoms with Crippen LogP contribution in [-0.2, 0) is 22.0 Å². The maximum absolute atomic E-state index is 11.7. The molecule has 2 rings (SSSR count). The second kappa shape index (κ2) is 4.87. The van der Waals surface area contributed by atoms with Crippen LogP contribution in [0, 0.1) is 0 Å². The van der Waals surface area contributed by atoms with E-state index in [-0.39, 0.29) is 5.41 Å². The van der Waals surface area contributed by atoms with E-state index in [9.17, 15) is 9.90 Å². The molecular weight excluding hydrogens is 330 g/mol. The second-order valence-electron chi connectivity index (χ2n) is 6.75. The predicted molar refractivity (Wildman–Crippen MR) is 89.7 cm³/mol. The molecule has 0 bridgehead atoms. The van der Waals surface area contributed by atoms with E-state index < -0.39 is 11.4 Å². The van der Waals surface area contributed by atoms with Gasteiger partial charge in [-0.15, -0.1) is 0 Å². The Morgan fingerprint density at radius 2 is 1.90 bits per heavy atom. The third-order valence-corrected chi connectivity index (χ3v) is 5.32. The molecule has 0 saturated carbocycles. The Bertz CT molecular complexity index is 657. The van der Waals surface area contributed by atoms with Crippen molar-refractivity contribution in [3.63, 3.8) is 0 Å². The number of halogens is 1. The third kappa shape index (κ3) is 2.30. The minimum Gasteiger partial charge on any atom is -0.478 e. The van der Waals surface area contributed by atoms with Crippen LogP contribution in [0.3, 0.4) is 0 Å². The fraction of sp³-hybridized carbons (Fsp3) is 0.471. The monoisotopic (exact) mass is 351 g/mol. The van der Waals surface area contributed by atoms with Gasteiger partial charge < -0.3 is 10.8 Å². The van der Waals surface area contributed by atoms with Crippen molar-refractivity contribution in [2.24, 2.45) is 0 Å². The minimum atomic E-state index is -0.857. The van der Waals surface area contributed by atoms with Crippen LogP contribution in [0.1, 0.15) is 51.3 Å². The number of anilines is 1. The molecule has 114 valence electrons. The van der Waals surface area contributed by atoms with Crippen LogP contribution in [0.4, 0.5) is 5.69 Å². The first-order valence-corrected chi connectivity index (χ1v) is 7.91. The van der Waals surface area contributed by atoms with E-state index in [1.807, 2.05) is 33.8 Å². The Balaban J connectivity index is 2.89. The van der Waals surface area contributed by atoms with Crippen LogP contribution in [0.2, 0.25) is 0 Å². The number of carboxylic acid groups (broad SMARTS) is 1. The molecule has 0 heterocycles. The van der Waals surface area contributed by atoms with Crippen molar-refractivity contribution in [1.82, 2.24) is 0 Å². The normalized spacial score (nSPS) is 18.9. The summed E-state index contributed by atoms with van der Waals surface area (Å²) in [6.45, 7) is 10.0. The van der Waals surface area contributed by atoms with Crippen LogP contribution < -0.4 is 5.73 Å². The Morgan fingerprint density at radius 3 is 2.38 bits per heavy atom. The number of aliphatic carboxylic acids is 1. The van der Waals surface area contributed by atoms with Crippen molar-refractivity contribution in [3.05, 3.63) is 38.9 Å². The highest BCUT2D eigenvalue weighted by Gasteiger charge is 2.42. The van der Waals surface area contributed by atoms with E-state index in [1.54, 1.807) is 0 Å². The number of nitrogen functional groups attached to an aromatic ring is 1. The van der Waals surface area contributed by atoms with Gasteiger partial charge in [0.25, 0.3) is 0 Å². The van der Waals surface area contributed by atoms with Gasteiger partial charge in [-0.2, -0.15) is 0 Å². The van der Waals surface area contributed by atoms with Gasteiger partial charge in [0.15, 0.2) is 0 Å². The Kier molecular flexibility index (Phi) is 3.73. The molecule has 1 aromatic carbocycles. The Morgan fingerprint density at radius 1 is 1.33 bits per heavy atom. The van der Waals surface area contributed by atoms with Crippen LogP contribution in [0.25, 0.3) is 0 Å². The fourth-order valence-corrected chi connectivity index (χ4v) is 4.20. The van der Waals surface area contributed by atoms with Gasteiger partial charge in [-0.05, 0) is 39.0 Å². The number of aryl methyl sites for hydroxylation is 1. The number of nitrogens with two attached hydrogens (primary N) is 1. The summed E-state index contributed by atoms with van der Waals surface area (Å²) in [5, 5.41) is 9.58. The van der Waals surface area contributed by atoms with Gasteiger partial charge in [0.1, 0.15) is 0 Å². The molecule has 0 radical (unpaired) electrons. The van der Waals surface area contributed by atoms with Crippen molar-refractivity contribution in [2.75, 3.05) is 5.73 Å². The molecule has 0 fully saturated rings. The summed E-state index contributed by atoms with van der Waals surface area (Å²) in [5.74, 6) is -0.857. The zero-order chi connectivity index (χ0) is 16.2. The molecule has 1 aliphatic carbocycles. The summed E-state index contributed by atoms with van der Waals surface area (Å²) < 4.78 is 0.899. The molecule has 0 atom stereocenters. The maximum atomic E-state index is 11.7. The molecule has 0 amide bonds. The third-order valence-electron chi connectivity index (χ3n) is 4.50. The first kappa shape index (κ1) is 16.1. The average Bonchev–Trinajstić information content (AvgIpc) is 2.36. The standard InChI is InChI=1S/C17H22BrNO2/c1-6-9-7-10-12(13(18)14(9)19)16(2,3)8-11(15(20)21)17(10,4)5/h7-8H,6,19H2,1-5H3,(H,20,21). The molecule has 3 N–H and O–H groups in total. The lowest BCUT2D eigenvalue weighted by Gasteiger charge is -2.41. The summed E-state index contributed by atoms with van der Waals surface area (Å²) in [5.41, 5.74) is 9.70. The molecule has 1 aliphatic rings. The SMILES string of the molecule is CCc1cc2c(c(Br)c1N)C(C)(C)C=C(C(=O)O)C2(C)C. The molecule has 0 aliphatic heterocycles. The number of carbonyl (C=O) groups is 1. The van der Waals surface area contributed by atoms with Gasteiger partial charge in [0.05, 0.1) is 0 Å². The fourth-order valence-electron chi connectivity index (χ4n) is 3.22. The van der Waals surface area contributed by atoms with Gasteiger partial charge in [0.2, 0.25) is 0 Å². The van der Waals surface area contributed by atoms with E-state index in [4.69, 9.17) is 5.73 Å². The predicted octanol–water partition coefficient (Wildman–Crippen LogP) is 4.17. The molecule has 1 aromatic rings. The van der Waals surface area contributed by atoms with E-state index in [1.165, 1.54) is 0 Å². The molecular formula is C17H22BrNO2. The lowest BCUT2D eigenvalue weighted by molar-refractivity contribution is -0.133. The van der Waals surface area contributed by atoms with Crippen molar-refractivity contribution in [2.45, 2.75) is 51.9 Å². The first-order chi connectivity index (χ1) is 9.54. The summed E-state index contributed by atoms with van der Waals surface area (Å²) in [4.78, 5) is 11.7. The molecule has 3 nitrogen and oxygen atoms in total. The highest BCUT2D eigenvalue weighted by molar-refractivity contribution is 9.10. The Hall–Kier alpha value is -1.29. The van der Waals surface area contributed by atoms with Gasteiger partial charge in [0, 0.05) is 26.6 Å². The number of fused-ring (bicyclic) bond motifs is 1. The molecule has 0 aromatic heterocycles. The van der Waals surface area contributed by atoms with E-state index in [2.05, 4.69) is 28.9 Å². The van der Waals surface area contributed by atoms with Crippen LogP contribution in [0.5, 0.6) is 0 Å². The number of allylic oxidation sites excluding steroid dienone is 1.